The zero-order valence-corrected chi connectivity index (χ0v) is 19.2. The predicted octanol–water partition coefficient (Wildman–Crippen LogP) is 4.97. The largest absolute Gasteiger partial charge is 0.457 e. The van der Waals surface area contributed by atoms with E-state index in [1.165, 1.54) is 0 Å². The number of nitrogens with zero attached hydrogens (tertiary/aromatic N) is 1. The van der Waals surface area contributed by atoms with E-state index in [4.69, 9.17) is 4.74 Å². The van der Waals surface area contributed by atoms with Crippen LogP contribution in [0.25, 0.3) is 0 Å². The lowest BCUT2D eigenvalue weighted by Crippen LogP contribution is -2.44. The summed E-state index contributed by atoms with van der Waals surface area (Å²) in [7, 11) is 0. The van der Waals surface area contributed by atoms with Crippen LogP contribution >= 0.6 is 0 Å². The van der Waals surface area contributed by atoms with Crippen molar-refractivity contribution in [3.8, 4) is 11.5 Å². The fourth-order valence-corrected chi connectivity index (χ4v) is 4.07. The van der Waals surface area contributed by atoms with Gasteiger partial charge in [0.1, 0.15) is 23.6 Å². The highest BCUT2D eigenvalue weighted by molar-refractivity contribution is 6.10. The molecule has 174 valence electrons. The predicted molar refractivity (Wildman–Crippen MR) is 130 cm³/mol. The molecule has 4 amide bonds. The number of hydrogen-bond acceptors (Lipinski definition) is 4. The zero-order chi connectivity index (χ0) is 24.1. The van der Waals surface area contributed by atoms with Crippen LogP contribution in [0.5, 0.6) is 11.5 Å². The van der Waals surface area contributed by atoms with E-state index in [-0.39, 0.29) is 6.54 Å². The molecule has 1 saturated heterocycles. The van der Waals surface area contributed by atoms with E-state index in [1.807, 2.05) is 68.4 Å². The molecule has 1 heterocycles. The summed E-state index contributed by atoms with van der Waals surface area (Å²) in [5.41, 5.74) is 1.24. The Morgan fingerprint density at radius 1 is 0.941 bits per heavy atom. The number of amides is 4. The van der Waals surface area contributed by atoms with Crippen LogP contribution in [0.3, 0.4) is 0 Å². The molecule has 0 bridgehead atoms. The quantitative estimate of drug-likeness (QED) is 0.468. The molecule has 0 aromatic heterocycles. The Morgan fingerprint density at radius 3 is 2.18 bits per heavy atom. The van der Waals surface area contributed by atoms with Crippen LogP contribution in [-0.2, 0) is 15.1 Å². The first kappa shape index (κ1) is 23.0. The Bertz CT molecular complexity index is 1180. The van der Waals surface area contributed by atoms with Gasteiger partial charge in [0.25, 0.3) is 5.91 Å². The molecule has 1 aliphatic heterocycles. The lowest BCUT2D eigenvalue weighted by molar-refractivity contribution is -0.134. The molecule has 1 atom stereocenters. The highest BCUT2D eigenvalue weighted by Gasteiger charge is 2.52. The molecule has 2 N–H and O–H groups in total. The fraction of sp³-hybridized carbons (Fsp3) is 0.222. The molecule has 3 aromatic rings. The topological polar surface area (TPSA) is 87.7 Å². The normalized spacial score (nSPS) is 17.4. The van der Waals surface area contributed by atoms with Crippen LogP contribution in [0.1, 0.15) is 30.9 Å². The number of anilines is 1. The summed E-state index contributed by atoms with van der Waals surface area (Å²) in [6.07, 6.45) is 1.14. The number of aryl methyl sites for hydroxylation is 1. The maximum atomic E-state index is 13.3. The number of hydrogen-bond donors (Lipinski definition) is 2. The second-order valence-corrected chi connectivity index (χ2v) is 8.33. The Balaban J connectivity index is 1.41. The maximum absolute atomic E-state index is 13.3. The molecule has 7 nitrogen and oxygen atoms in total. The van der Waals surface area contributed by atoms with Gasteiger partial charge in [0, 0.05) is 5.69 Å². The smallest absolute Gasteiger partial charge is 0.325 e. The third-order valence-electron chi connectivity index (χ3n) is 5.76. The van der Waals surface area contributed by atoms with Crippen molar-refractivity contribution in [3.63, 3.8) is 0 Å². The first-order valence-electron chi connectivity index (χ1n) is 11.3. The lowest BCUT2D eigenvalue weighted by Gasteiger charge is -2.26. The summed E-state index contributed by atoms with van der Waals surface area (Å²) in [4.78, 5) is 39.6. The summed E-state index contributed by atoms with van der Waals surface area (Å²) in [5, 5.41) is 5.57. The average Bonchev–Trinajstić information content (AvgIpc) is 3.07. The van der Waals surface area contributed by atoms with Gasteiger partial charge in [0.2, 0.25) is 5.91 Å². The van der Waals surface area contributed by atoms with Gasteiger partial charge in [-0.15, -0.1) is 0 Å². The molecule has 0 saturated carbocycles. The highest BCUT2D eigenvalue weighted by Crippen LogP contribution is 2.33. The minimum Gasteiger partial charge on any atom is -0.457 e. The molecule has 4 rings (SSSR count). The van der Waals surface area contributed by atoms with Crippen molar-refractivity contribution in [2.45, 2.75) is 32.2 Å². The Kier molecular flexibility index (Phi) is 6.63. The van der Waals surface area contributed by atoms with E-state index in [0.717, 1.165) is 16.2 Å². The number of ether oxygens (including phenoxy) is 1. The van der Waals surface area contributed by atoms with Crippen LogP contribution in [0.2, 0.25) is 0 Å². The summed E-state index contributed by atoms with van der Waals surface area (Å²) in [6.45, 7) is 3.59. The molecular weight excluding hydrogens is 430 g/mol. The van der Waals surface area contributed by atoms with Crippen molar-refractivity contribution in [1.29, 1.82) is 0 Å². The second kappa shape index (κ2) is 9.79. The van der Waals surface area contributed by atoms with Crippen LogP contribution in [0.4, 0.5) is 10.5 Å². The van der Waals surface area contributed by atoms with Crippen molar-refractivity contribution in [2.75, 3.05) is 11.9 Å². The number of nitrogens with one attached hydrogen (secondary N) is 2. The minimum absolute atomic E-state index is 0.370. The molecule has 0 spiro atoms. The standard InChI is InChI=1S/C27H27N3O4/c1-3-17-27(20-7-5-4-6-8-20)25(32)30(26(33)29-27)18-24(31)28-21-11-15-23(16-12-21)34-22-13-9-19(2)10-14-22/h4-16H,3,17-18H2,1-2H3,(H,28,31)(H,29,33). The molecule has 1 fully saturated rings. The maximum Gasteiger partial charge on any atom is 0.325 e. The molecule has 7 heteroatoms. The van der Waals surface area contributed by atoms with Gasteiger partial charge in [0.05, 0.1) is 0 Å². The Morgan fingerprint density at radius 2 is 1.56 bits per heavy atom. The second-order valence-electron chi connectivity index (χ2n) is 8.33. The number of rotatable bonds is 8. The summed E-state index contributed by atoms with van der Waals surface area (Å²) in [5.74, 6) is 0.469. The molecule has 3 aromatic carbocycles. The highest BCUT2D eigenvalue weighted by atomic mass is 16.5. The summed E-state index contributed by atoms with van der Waals surface area (Å²) in [6, 6.07) is 23.2. The van der Waals surface area contributed by atoms with Crippen molar-refractivity contribution in [2.24, 2.45) is 0 Å². The van der Waals surface area contributed by atoms with Gasteiger partial charge in [-0.25, -0.2) is 4.79 Å². The van der Waals surface area contributed by atoms with E-state index in [2.05, 4.69) is 10.6 Å². The number of benzene rings is 3. The first-order chi connectivity index (χ1) is 16.4. The van der Waals surface area contributed by atoms with Gasteiger partial charge in [-0.1, -0.05) is 61.4 Å². The number of carbonyl (C=O) groups excluding carboxylic acids is 3. The van der Waals surface area contributed by atoms with E-state index >= 15 is 0 Å². The molecule has 1 aliphatic rings. The van der Waals surface area contributed by atoms with Gasteiger partial charge < -0.3 is 15.4 Å². The summed E-state index contributed by atoms with van der Waals surface area (Å²) >= 11 is 0. The Labute approximate surface area is 198 Å². The average molecular weight is 458 g/mol. The van der Waals surface area contributed by atoms with E-state index < -0.39 is 23.4 Å². The molecule has 0 aliphatic carbocycles. The minimum atomic E-state index is -1.15. The van der Waals surface area contributed by atoms with E-state index in [0.29, 0.717) is 29.8 Å². The SMILES string of the molecule is CCCC1(c2ccccc2)NC(=O)N(CC(=O)Nc2ccc(Oc3ccc(C)cc3)cc2)C1=O. The number of carbonyl (C=O) groups is 3. The van der Waals surface area contributed by atoms with Crippen molar-refractivity contribution in [3.05, 3.63) is 90.0 Å². The molecule has 1 unspecified atom stereocenters. The lowest BCUT2D eigenvalue weighted by atomic mass is 9.85. The third kappa shape index (κ3) is 4.78. The zero-order valence-electron chi connectivity index (χ0n) is 19.2. The molecule has 34 heavy (non-hydrogen) atoms. The van der Waals surface area contributed by atoms with Crippen molar-refractivity contribution in [1.82, 2.24) is 10.2 Å². The van der Waals surface area contributed by atoms with Crippen LogP contribution in [0.15, 0.2) is 78.9 Å². The monoisotopic (exact) mass is 457 g/mol. The Hall–Kier alpha value is -4.13. The van der Waals surface area contributed by atoms with Gasteiger partial charge in [0.15, 0.2) is 0 Å². The van der Waals surface area contributed by atoms with Crippen molar-refractivity contribution >= 4 is 23.5 Å². The third-order valence-corrected chi connectivity index (χ3v) is 5.76. The van der Waals surface area contributed by atoms with Gasteiger partial charge in [-0.2, -0.15) is 0 Å². The first-order valence-corrected chi connectivity index (χ1v) is 11.3. The van der Waals surface area contributed by atoms with E-state index in [9.17, 15) is 14.4 Å². The fourth-order valence-electron chi connectivity index (χ4n) is 4.07. The van der Waals surface area contributed by atoms with E-state index in [1.54, 1.807) is 24.3 Å². The van der Waals surface area contributed by atoms with Crippen LogP contribution in [0, 0.1) is 6.92 Å². The van der Waals surface area contributed by atoms with Gasteiger partial charge >= 0.3 is 6.03 Å². The van der Waals surface area contributed by atoms with Gasteiger partial charge in [-0.05, 0) is 55.3 Å². The summed E-state index contributed by atoms with van der Waals surface area (Å²) < 4.78 is 5.80. The molecule has 0 radical (unpaired) electrons. The van der Waals surface area contributed by atoms with Crippen LogP contribution in [-0.4, -0.2) is 29.3 Å². The van der Waals surface area contributed by atoms with Gasteiger partial charge in [-0.3, -0.25) is 14.5 Å². The number of imide groups is 1. The number of urea groups is 1. The van der Waals surface area contributed by atoms with Crippen molar-refractivity contribution < 1.29 is 19.1 Å². The molecular formula is C27H27N3O4. The van der Waals surface area contributed by atoms with Crippen LogP contribution < -0.4 is 15.4 Å².